The molecule has 2 aliphatic rings. The minimum atomic E-state index is 0.348. The van der Waals surface area contributed by atoms with Crippen LogP contribution in [0, 0.1) is 11.3 Å². The van der Waals surface area contributed by atoms with Crippen molar-refractivity contribution in [1.29, 1.82) is 0 Å². The monoisotopic (exact) mass is 178 g/mol. The predicted molar refractivity (Wildman–Crippen MR) is 53.4 cm³/mol. The number of allylic oxidation sites excluding steroid dienone is 2. The van der Waals surface area contributed by atoms with Gasteiger partial charge in [-0.1, -0.05) is 25.8 Å². The lowest BCUT2D eigenvalue weighted by Crippen LogP contribution is -2.32. The summed E-state index contributed by atoms with van der Waals surface area (Å²) >= 11 is 0. The molecule has 1 heteroatoms. The van der Waals surface area contributed by atoms with E-state index in [1.807, 2.05) is 6.08 Å². The van der Waals surface area contributed by atoms with Crippen LogP contribution in [0.1, 0.15) is 46.0 Å². The smallest absolute Gasteiger partial charge is 0.155 e. The van der Waals surface area contributed by atoms with Gasteiger partial charge < -0.3 is 0 Å². The van der Waals surface area contributed by atoms with E-state index in [2.05, 4.69) is 13.8 Å². The molecule has 0 amide bonds. The Kier molecular flexibility index (Phi) is 2.05. The minimum absolute atomic E-state index is 0.348. The molecule has 0 saturated heterocycles. The third-order valence-electron chi connectivity index (χ3n) is 3.83. The van der Waals surface area contributed by atoms with Gasteiger partial charge in [0.05, 0.1) is 0 Å². The summed E-state index contributed by atoms with van der Waals surface area (Å²) in [6.07, 6.45) is 7.69. The van der Waals surface area contributed by atoms with Crippen molar-refractivity contribution < 1.29 is 4.79 Å². The largest absolute Gasteiger partial charge is 0.295 e. The van der Waals surface area contributed by atoms with E-state index in [0.717, 1.165) is 12.8 Å². The van der Waals surface area contributed by atoms with E-state index in [1.54, 1.807) is 0 Å². The first-order valence-electron chi connectivity index (χ1n) is 5.37. The maximum Gasteiger partial charge on any atom is 0.155 e. The van der Waals surface area contributed by atoms with Gasteiger partial charge in [0, 0.05) is 6.42 Å². The zero-order valence-corrected chi connectivity index (χ0v) is 8.60. The first-order chi connectivity index (χ1) is 6.12. The Morgan fingerprint density at radius 2 is 2.23 bits per heavy atom. The van der Waals surface area contributed by atoms with Crippen molar-refractivity contribution in [2.75, 3.05) is 0 Å². The van der Waals surface area contributed by atoms with Gasteiger partial charge >= 0.3 is 0 Å². The Bertz CT molecular complexity index is 264. The van der Waals surface area contributed by atoms with Gasteiger partial charge in [0.2, 0.25) is 0 Å². The molecule has 0 aliphatic heterocycles. The molecule has 13 heavy (non-hydrogen) atoms. The van der Waals surface area contributed by atoms with Crippen molar-refractivity contribution >= 4 is 5.78 Å². The Balaban J connectivity index is 2.34. The molecule has 72 valence electrons. The quantitative estimate of drug-likeness (QED) is 0.557. The number of fused-ring (bicyclic) bond motifs is 1. The molecule has 0 aromatic heterocycles. The maximum absolute atomic E-state index is 11.3. The number of rotatable bonds is 0. The fourth-order valence-corrected chi connectivity index (χ4v) is 2.92. The minimum Gasteiger partial charge on any atom is -0.295 e. The zero-order chi connectivity index (χ0) is 9.47. The van der Waals surface area contributed by atoms with Crippen LogP contribution in [0.3, 0.4) is 0 Å². The summed E-state index contributed by atoms with van der Waals surface area (Å²) < 4.78 is 0. The van der Waals surface area contributed by atoms with Crippen LogP contribution in [0.5, 0.6) is 0 Å². The molecule has 2 rings (SSSR count). The van der Waals surface area contributed by atoms with Crippen molar-refractivity contribution in [2.45, 2.75) is 46.0 Å². The first-order valence-corrected chi connectivity index (χ1v) is 5.37. The van der Waals surface area contributed by atoms with E-state index in [4.69, 9.17) is 0 Å². The molecular formula is C12H18O. The van der Waals surface area contributed by atoms with Crippen molar-refractivity contribution in [3.63, 3.8) is 0 Å². The van der Waals surface area contributed by atoms with E-state index >= 15 is 0 Å². The summed E-state index contributed by atoms with van der Waals surface area (Å²) in [6, 6.07) is 0. The van der Waals surface area contributed by atoms with Gasteiger partial charge in [-0.25, -0.2) is 0 Å². The van der Waals surface area contributed by atoms with Crippen molar-refractivity contribution in [3.8, 4) is 0 Å². The molecule has 0 radical (unpaired) electrons. The molecule has 0 aromatic rings. The Morgan fingerprint density at radius 3 is 3.00 bits per heavy atom. The van der Waals surface area contributed by atoms with Crippen LogP contribution in [-0.2, 0) is 4.79 Å². The fourth-order valence-electron chi connectivity index (χ4n) is 2.92. The molecule has 0 aromatic carbocycles. The number of carbonyl (C=O) groups excluding carboxylic acids is 1. The molecule has 2 atom stereocenters. The average molecular weight is 178 g/mol. The normalized spacial score (nSPS) is 39.7. The highest BCUT2D eigenvalue weighted by molar-refractivity contribution is 5.91. The van der Waals surface area contributed by atoms with E-state index < -0.39 is 0 Å². The van der Waals surface area contributed by atoms with Gasteiger partial charge in [0.1, 0.15) is 0 Å². The third kappa shape index (κ3) is 1.45. The standard InChI is InChI=1S/C12H18O/c1-9-4-3-6-12(2)7-5-10(13)8-11(9)12/h8-9H,3-7H2,1-2H3/t9-,12-/m1/s1. The van der Waals surface area contributed by atoms with Crippen LogP contribution in [-0.4, -0.2) is 5.78 Å². The van der Waals surface area contributed by atoms with Crippen molar-refractivity contribution in [3.05, 3.63) is 11.6 Å². The summed E-state index contributed by atoms with van der Waals surface area (Å²) in [5, 5.41) is 0. The molecule has 1 saturated carbocycles. The summed E-state index contributed by atoms with van der Waals surface area (Å²) in [4.78, 5) is 11.3. The topological polar surface area (TPSA) is 17.1 Å². The van der Waals surface area contributed by atoms with E-state index in [-0.39, 0.29) is 0 Å². The highest BCUT2D eigenvalue weighted by atomic mass is 16.1. The van der Waals surface area contributed by atoms with Gasteiger partial charge in [-0.15, -0.1) is 0 Å². The summed E-state index contributed by atoms with van der Waals surface area (Å²) in [5.74, 6) is 0.990. The second-order valence-corrected chi connectivity index (χ2v) is 4.92. The van der Waals surface area contributed by atoms with Crippen LogP contribution in [0.4, 0.5) is 0 Å². The lowest BCUT2D eigenvalue weighted by Gasteiger charge is -2.42. The molecule has 0 heterocycles. The number of hydrogen-bond acceptors (Lipinski definition) is 1. The Labute approximate surface area is 80.2 Å². The third-order valence-corrected chi connectivity index (χ3v) is 3.83. The number of hydrogen-bond donors (Lipinski definition) is 0. The molecule has 0 unspecified atom stereocenters. The SMILES string of the molecule is C[C@@H]1CCC[C@]2(C)CCC(=O)C=C12. The van der Waals surface area contributed by atoms with Crippen LogP contribution in [0.15, 0.2) is 11.6 Å². The highest BCUT2D eigenvalue weighted by Crippen LogP contribution is 2.48. The van der Waals surface area contributed by atoms with Crippen LogP contribution in [0.25, 0.3) is 0 Å². The molecular weight excluding hydrogens is 160 g/mol. The molecule has 0 bridgehead atoms. The number of carbonyl (C=O) groups is 1. The van der Waals surface area contributed by atoms with E-state index in [9.17, 15) is 4.79 Å². The first kappa shape index (κ1) is 8.98. The van der Waals surface area contributed by atoms with Crippen molar-refractivity contribution in [2.24, 2.45) is 11.3 Å². The van der Waals surface area contributed by atoms with E-state index in [1.165, 1.54) is 24.8 Å². The molecule has 0 spiro atoms. The number of ketones is 1. The molecule has 0 N–H and O–H groups in total. The summed E-state index contributed by atoms with van der Waals surface area (Å²) in [6.45, 7) is 4.60. The Hall–Kier alpha value is -0.590. The molecule has 1 nitrogen and oxygen atoms in total. The lowest BCUT2D eigenvalue weighted by atomic mass is 9.62. The van der Waals surface area contributed by atoms with Crippen LogP contribution >= 0.6 is 0 Å². The van der Waals surface area contributed by atoms with Gasteiger partial charge in [-0.05, 0) is 36.7 Å². The van der Waals surface area contributed by atoms with Crippen molar-refractivity contribution in [1.82, 2.24) is 0 Å². The maximum atomic E-state index is 11.3. The van der Waals surface area contributed by atoms with E-state index in [0.29, 0.717) is 17.1 Å². The summed E-state index contributed by atoms with van der Waals surface area (Å²) in [7, 11) is 0. The van der Waals surface area contributed by atoms with Gasteiger partial charge in [0.15, 0.2) is 5.78 Å². The highest BCUT2D eigenvalue weighted by Gasteiger charge is 2.37. The Morgan fingerprint density at radius 1 is 1.46 bits per heavy atom. The predicted octanol–water partition coefficient (Wildman–Crippen LogP) is 3.10. The molecule has 1 fully saturated rings. The van der Waals surface area contributed by atoms with Gasteiger partial charge in [0.25, 0.3) is 0 Å². The second kappa shape index (κ2) is 2.97. The second-order valence-electron chi connectivity index (χ2n) is 4.92. The zero-order valence-electron chi connectivity index (χ0n) is 8.60. The van der Waals surface area contributed by atoms with Gasteiger partial charge in [-0.3, -0.25) is 4.79 Å². The van der Waals surface area contributed by atoms with Gasteiger partial charge in [-0.2, -0.15) is 0 Å². The average Bonchev–Trinajstić information content (AvgIpc) is 2.08. The molecule has 2 aliphatic carbocycles. The van der Waals surface area contributed by atoms with Crippen LogP contribution in [0.2, 0.25) is 0 Å². The lowest BCUT2D eigenvalue weighted by molar-refractivity contribution is -0.116. The fraction of sp³-hybridized carbons (Fsp3) is 0.750. The summed E-state index contributed by atoms with van der Waals surface area (Å²) in [5.41, 5.74) is 1.81. The van der Waals surface area contributed by atoms with Crippen LogP contribution < -0.4 is 0 Å².